The number of anilines is 1. The van der Waals surface area contributed by atoms with Crippen molar-refractivity contribution in [3.05, 3.63) is 67.0 Å². The number of hydrogen-bond acceptors (Lipinski definition) is 7. The second-order valence-corrected chi connectivity index (χ2v) is 10.6. The minimum absolute atomic E-state index is 0.0319. The maximum Gasteiger partial charge on any atom is 0.490 e. The number of rotatable bonds is 6. The third-order valence-electron chi connectivity index (χ3n) is 7.82. The second-order valence-electron chi connectivity index (χ2n) is 10.2. The summed E-state index contributed by atoms with van der Waals surface area (Å²) in [6.07, 6.45) is -1.71. The van der Waals surface area contributed by atoms with Gasteiger partial charge >= 0.3 is 17.8 Å². The van der Waals surface area contributed by atoms with Gasteiger partial charge in [0.25, 0.3) is 5.56 Å². The van der Waals surface area contributed by atoms with Crippen LogP contribution in [0.25, 0.3) is 11.2 Å². The summed E-state index contributed by atoms with van der Waals surface area (Å²) in [7, 11) is 0. The van der Waals surface area contributed by atoms with Crippen LogP contribution in [0.3, 0.4) is 0 Å². The zero-order valence-electron chi connectivity index (χ0n) is 21.3. The molecule has 0 atom stereocenters. The van der Waals surface area contributed by atoms with E-state index in [1.54, 1.807) is 28.8 Å². The van der Waals surface area contributed by atoms with E-state index in [0.29, 0.717) is 42.5 Å². The van der Waals surface area contributed by atoms with Gasteiger partial charge in [0, 0.05) is 36.4 Å². The van der Waals surface area contributed by atoms with Crippen molar-refractivity contribution in [2.75, 3.05) is 24.5 Å². The Morgan fingerprint density at radius 1 is 1.12 bits per heavy atom. The molecule has 4 heterocycles. The van der Waals surface area contributed by atoms with Crippen molar-refractivity contribution >= 4 is 34.7 Å². The molecule has 3 aliphatic rings. The number of carbonyl (C=O) groups is 1. The summed E-state index contributed by atoms with van der Waals surface area (Å²) in [6, 6.07) is 6.68. The highest BCUT2D eigenvalue weighted by Gasteiger charge is 2.41. The van der Waals surface area contributed by atoms with Crippen molar-refractivity contribution < 1.29 is 22.7 Å². The van der Waals surface area contributed by atoms with Crippen LogP contribution in [-0.2, 0) is 22.8 Å². The molecule has 0 radical (unpaired) electrons. The number of benzene rings is 1. The average Bonchev–Trinajstić information content (AvgIpc) is 3.70. The van der Waals surface area contributed by atoms with Crippen LogP contribution in [0.1, 0.15) is 43.7 Å². The minimum Gasteiger partial charge on any atom is -0.437 e. The van der Waals surface area contributed by atoms with Crippen molar-refractivity contribution in [1.82, 2.24) is 24.0 Å². The number of carbonyl (C=O) groups excluding carboxylic acids is 1. The highest BCUT2D eigenvalue weighted by molar-refractivity contribution is 6.31. The third kappa shape index (κ3) is 4.50. The first kappa shape index (κ1) is 26.6. The summed E-state index contributed by atoms with van der Waals surface area (Å²) in [5.41, 5.74) is 1.33. The minimum atomic E-state index is -5.24. The maximum atomic E-state index is 14.1. The zero-order chi connectivity index (χ0) is 28.2. The van der Waals surface area contributed by atoms with Gasteiger partial charge in [0.05, 0.1) is 6.54 Å². The van der Waals surface area contributed by atoms with Crippen LogP contribution < -0.4 is 21.5 Å². The van der Waals surface area contributed by atoms with Gasteiger partial charge in [-0.05, 0) is 36.5 Å². The molecule has 0 spiro atoms. The van der Waals surface area contributed by atoms with E-state index in [-0.39, 0.29) is 17.7 Å². The first-order chi connectivity index (χ1) is 19.1. The van der Waals surface area contributed by atoms with Gasteiger partial charge in [0.1, 0.15) is 0 Å². The van der Waals surface area contributed by atoms with E-state index >= 15 is 0 Å². The first-order valence-corrected chi connectivity index (χ1v) is 13.4. The molecule has 0 unspecified atom stereocenters. The van der Waals surface area contributed by atoms with Gasteiger partial charge in [-0.15, -0.1) is 0 Å². The molecule has 1 fully saturated rings. The van der Waals surface area contributed by atoms with E-state index in [1.807, 2.05) is 4.90 Å². The molecule has 2 aliphatic heterocycles. The molecule has 0 amide bonds. The predicted molar refractivity (Wildman–Crippen MR) is 140 cm³/mol. The van der Waals surface area contributed by atoms with Crippen LogP contribution in [0.4, 0.5) is 19.1 Å². The highest BCUT2D eigenvalue weighted by Crippen LogP contribution is 2.34. The van der Waals surface area contributed by atoms with E-state index in [9.17, 15) is 27.6 Å². The molecule has 1 saturated carbocycles. The lowest BCUT2D eigenvalue weighted by Crippen LogP contribution is -2.43. The van der Waals surface area contributed by atoms with E-state index in [1.165, 1.54) is 5.57 Å². The van der Waals surface area contributed by atoms with E-state index < -0.39 is 36.2 Å². The molecule has 2 aromatic heterocycles. The summed E-state index contributed by atoms with van der Waals surface area (Å²) >= 11 is 6.48. The summed E-state index contributed by atoms with van der Waals surface area (Å²) in [6.45, 7) is 0.982. The topological polar surface area (TPSA) is 103 Å². The summed E-state index contributed by atoms with van der Waals surface area (Å²) in [5, 5.41) is 3.76. The monoisotopic (exact) mass is 578 g/mol. The standard InChI is InChI=1S/C26H26ClF3N6O4/c27-18-8-4-1-5-16(18)13-34-20-21(32-24(34)33-10-9-15-11-31-12-19(15)33)35(14-40-23(38)26(28,29)30)25(39)36(22(20)37)17-6-2-3-7-17/h1,4-5,8,17,31H,2-3,6-7,9-14H2. The summed E-state index contributed by atoms with van der Waals surface area (Å²) in [5.74, 6) is -2.08. The summed E-state index contributed by atoms with van der Waals surface area (Å²) in [4.78, 5) is 45.9. The number of aromatic nitrogens is 4. The average molecular weight is 579 g/mol. The lowest BCUT2D eigenvalue weighted by atomic mass is 10.2. The number of ether oxygens (including phenoxy) is 1. The fourth-order valence-corrected chi connectivity index (χ4v) is 6.08. The fraction of sp³-hybridized carbons (Fsp3) is 0.462. The number of alkyl halides is 3. The number of esters is 1. The van der Waals surface area contributed by atoms with Crippen LogP contribution in [0.2, 0.25) is 5.02 Å². The predicted octanol–water partition coefficient (Wildman–Crippen LogP) is 3.31. The van der Waals surface area contributed by atoms with Crippen LogP contribution in [0.5, 0.6) is 0 Å². The van der Waals surface area contributed by atoms with E-state index in [4.69, 9.17) is 11.6 Å². The number of nitrogens with one attached hydrogen (secondary N) is 1. The Labute approximate surface area is 230 Å². The smallest absolute Gasteiger partial charge is 0.437 e. The molecular weight excluding hydrogens is 553 g/mol. The quantitative estimate of drug-likeness (QED) is 0.448. The van der Waals surface area contributed by atoms with Gasteiger partial charge in [-0.3, -0.25) is 13.9 Å². The lowest BCUT2D eigenvalue weighted by Gasteiger charge is -2.22. The number of halogens is 4. The molecule has 10 nitrogen and oxygen atoms in total. The molecule has 1 aliphatic carbocycles. The van der Waals surface area contributed by atoms with Crippen LogP contribution in [0, 0.1) is 0 Å². The van der Waals surface area contributed by atoms with Gasteiger partial charge in [0.15, 0.2) is 17.9 Å². The first-order valence-electron chi connectivity index (χ1n) is 13.1. The molecule has 1 aromatic carbocycles. The largest absolute Gasteiger partial charge is 0.490 e. The van der Waals surface area contributed by atoms with Gasteiger partial charge < -0.3 is 15.0 Å². The van der Waals surface area contributed by atoms with Crippen LogP contribution in [-0.4, -0.2) is 50.5 Å². The van der Waals surface area contributed by atoms with Gasteiger partial charge in [-0.2, -0.15) is 18.2 Å². The van der Waals surface area contributed by atoms with E-state index in [2.05, 4.69) is 15.0 Å². The summed E-state index contributed by atoms with van der Waals surface area (Å²) < 4.78 is 47.0. The Morgan fingerprint density at radius 2 is 1.88 bits per heavy atom. The normalized spacial score (nSPS) is 17.9. The number of hydrogen-bond donors (Lipinski definition) is 1. The molecule has 0 bridgehead atoms. The van der Waals surface area contributed by atoms with Gasteiger partial charge in [-0.1, -0.05) is 42.6 Å². The molecule has 14 heteroatoms. The van der Waals surface area contributed by atoms with Crippen LogP contribution in [0.15, 0.2) is 45.1 Å². The zero-order valence-corrected chi connectivity index (χ0v) is 22.1. The van der Waals surface area contributed by atoms with Crippen molar-refractivity contribution in [3.8, 4) is 0 Å². The fourth-order valence-electron chi connectivity index (χ4n) is 5.89. The molecular formula is C26H26ClF3N6O4. The Hall–Kier alpha value is -3.58. The Morgan fingerprint density at radius 3 is 2.60 bits per heavy atom. The maximum absolute atomic E-state index is 14.1. The van der Waals surface area contributed by atoms with Gasteiger partial charge in [-0.25, -0.2) is 14.2 Å². The van der Waals surface area contributed by atoms with Crippen molar-refractivity contribution in [2.24, 2.45) is 0 Å². The molecule has 0 saturated heterocycles. The second kappa shape index (κ2) is 10.1. The molecule has 212 valence electrons. The Kier molecular flexibility index (Phi) is 6.73. The number of fused-ring (bicyclic) bond motifs is 1. The van der Waals surface area contributed by atoms with E-state index in [0.717, 1.165) is 40.6 Å². The molecule has 3 aromatic rings. The highest BCUT2D eigenvalue weighted by atomic mass is 35.5. The molecule has 1 N–H and O–H groups in total. The Balaban J connectivity index is 1.60. The van der Waals surface area contributed by atoms with Crippen molar-refractivity contribution in [2.45, 2.75) is 57.6 Å². The number of nitrogens with zero attached hydrogens (tertiary/aromatic N) is 5. The Bertz CT molecular complexity index is 1650. The SMILES string of the molecule is O=C(OCn1c(=O)n(C2CCCC2)c(=O)c2c1nc(N1CCC3=C1CNC3)n2Cc1ccccc1Cl)C(F)(F)F. The van der Waals surface area contributed by atoms with Gasteiger partial charge in [0.2, 0.25) is 5.95 Å². The van der Waals surface area contributed by atoms with Crippen molar-refractivity contribution in [1.29, 1.82) is 0 Å². The molecule has 40 heavy (non-hydrogen) atoms. The molecule has 6 rings (SSSR count). The van der Waals surface area contributed by atoms with Crippen molar-refractivity contribution in [3.63, 3.8) is 0 Å². The lowest BCUT2D eigenvalue weighted by molar-refractivity contribution is -0.203. The third-order valence-corrected chi connectivity index (χ3v) is 8.19. The number of imidazole rings is 1. The van der Waals surface area contributed by atoms with Crippen LogP contribution >= 0.6 is 11.6 Å².